The molecule has 0 saturated heterocycles. The first-order chi connectivity index (χ1) is 12.9. The maximum atomic E-state index is 12.4. The second-order valence-electron chi connectivity index (χ2n) is 6.70. The van der Waals surface area contributed by atoms with E-state index in [-0.39, 0.29) is 5.91 Å². The molecule has 6 nitrogen and oxygen atoms in total. The van der Waals surface area contributed by atoms with Gasteiger partial charge in [-0.3, -0.25) is 14.2 Å². The van der Waals surface area contributed by atoms with Crippen molar-refractivity contribution in [1.29, 1.82) is 0 Å². The smallest absolute Gasteiger partial charge is 0.226 e. The van der Waals surface area contributed by atoms with Crippen molar-refractivity contribution in [3.8, 4) is 0 Å². The van der Waals surface area contributed by atoms with Gasteiger partial charge in [0.05, 0.1) is 46.6 Å². The molecular formula is C20H24ClN5O. The number of aryl methyl sites for hydroxylation is 3. The van der Waals surface area contributed by atoms with E-state index in [0.717, 1.165) is 28.5 Å². The summed E-state index contributed by atoms with van der Waals surface area (Å²) < 4.78 is 3.69. The molecule has 0 unspecified atom stereocenters. The average molecular weight is 386 g/mol. The van der Waals surface area contributed by atoms with E-state index in [2.05, 4.69) is 27.6 Å². The molecule has 1 amide bonds. The number of carbonyl (C=O) groups excluding carboxylic acids is 1. The van der Waals surface area contributed by atoms with Gasteiger partial charge in [0.25, 0.3) is 0 Å². The van der Waals surface area contributed by atoms with E-state index in [1.807, 2.05) is 50.6 Å². The van der Waals surface area contributed by atoms with Crippen LogP contribution in [0.1, 0.15) is 34.8 Å². The van der Waals surface area contributed by atoms with Gasteiger partial charge in [0.15, 0.2) is 0 Å². The van der Waals surface area contributed by atoms with Gasteiger partial charge in [-0.15, -0.1) is 0 Å². The normalized spacial score (nSPS) is 11.0. The quantitative estimate of drug-likeness (QED) is 0.696. The molecule has 7 heteroatoms. The van der Waals surface area contributed by atoms with E-state index in [4.69, 9.17) is 11.6 Å². The Morgan fingerprint density at radius 2 is 1.67 bits per heavy atom. The predicted molar refractivity (Wildman–Crippen MR) is 107 cm³/mol. The number of nitrogens with zero attached hydrogens (tertiary/aromatic N) is 4. The van der Waals surface area contributed by atoms with Crippen molar-refractivity contribution in [1.82, 2.24) is 19.6 Å². The minimum atomic E-state index is -0.0656. The Kier molecular flexibility index (Phi) is 5.65. The standard InChI is InChI=1S/C20H24ClN5O/c1-13-19(21)15(3)25(23-13)11-10-18(27)22-20-14(2)24-26(16(20)4)12-17-8-6-5-7-9-17/h5-9H,10-12H2,1-4H3,(H,22,27). The fraction of sp³-hybridized carbons (Fsp3) is 0.350. The fourth-order valence-corrected chi connectivity index (χ4v) is 3.23. The zero-order valence-corrected chi connectivity index (χ0v) is 16.8. The highest BCUT2D eigenvalue weighted by Gasteiger charge is 2.15. The SMILES string of the molecule is Cc1nn(CCC(=O)Nc2c(C)nn(Cc3ccccc3)c2C)c(C)c1Cl. The maximum Gasteiger partial charge on any atom is 0.226 e. The van der Waals surface area contributed by atoms with Crippen LogP contribution >= 0.6 is 11.6 Å². The van der Waals surface area contributed by atoms with Gasteiger partial charge in [-0.1, -0.05) is 41.9 Å². The molecule has 142 valence electrons. The van der Waals surface area contributed by atoms with E-state index >= 15 is 0 Å². The van der Waals surface area contributed by atoms with Gasteiger partial charge in [0.2, 0.25) is 5.91 Å². The number of hydrogen-bond acceptors (Lipinski definition) is 3. The molecule has 0 bridgehead atoms. The molecule has 0 atom stereocenters. The highest BCUT2D eigenvalue weighted by atomic mass is 35.5. The first-order valence-corrected chi connectivity index (χ1v) is 9.32. The average Bonchev–Trinajstić information content (AvgIpc) is 3.05. The molecule has 0 saturated carbocycles. The number of nitrogens with one attached hydrogen (secondary N) is 1. The predicted octanol–water partition coefficient (Wildman–Crippen LogP) is 4.04. The first-order valence-electron chi connectivity index (χ1n) is 8.94. The fourth-order valence-electron chi connectivity index (χ4n) is 3.09. The van der Waals surface area contributed by atoms with Crippen molar-refractivity contribution < 1.29 is 4.79 Å². The van der Waals surface area contributed by atoms with E-state index < -0.39 is 0 Å². The third kappa shape index (κ3) is 4.22. The number of hydrogen-bond donors (Lipinski definition) is 1. The summed E-state index contributed by atoms with van der Waals surface area (Å²) in [7, 11) is 0. The summed E-state index contributed by atoms with van der Waals surface area (Å²) in [5, 5.41) is 12.6. The van der Waals surface area contributed by atoms with Crippen molar-refractivity contribution >= 4 is 23.2 Å². The Labute approximate surface area is 164 Å². The van der Waals surface area contributed by atoms with Crippen LogP contribution in [0.2, 0.25) is 5.02 Å². The highest BCUT2D eigenvalue weighted by Crippen LogP contribution is 2.22. The molecule has 1 aromatic carbocycles. The van der Waals surface area contributed by atoms with Crippen LogP contribution in [0.15, 0.2) is 30.3 Å². The van der Waals surface area contributed by atoms with Crippen LogP contribution in [-0.4, -0.2) is 25.5 Å². The molecule has 0 aliphatic carbocycles. The number of benzene rings is 1. The minimum Gasteiger partial charge on any atom is -0.323 e. The van der Waals surface area contributed by atoms with Crippen LogP contribution in [0.4, 0.5) is 5.69 Å². The summed E-state index contributed by atoms with van der Waals surface area (Å²) in [5.74, 6) is -0.0656. The van der Waals surface area contributed by atoms with Crippen molar-refractivity contribution in [2.24, 2.45) is 0 Å². The van der Waals surface area contributed by atoms with Crippen LogP contribution in [0.3, 0.4) is 0 Å². The van der Waals surface area contributed by atoms with E-state index in [9.17, 15) is 4.79 Å². The van der Waals surface area contributed by atoms with Crippen molar-refractivity contribution in [2.75, 3.05) is 5.32 Å². The second-order valence-corrected chi connectivity index (χ2v) is 7.07. The number of anilines is 1. The van der Waals surface area contributed by atoms with Crippen LogP contribution in [0, 0.1) is 27.7 Å². The Bertz CT molecular complexity index is 959. The Hall–Kier alpha value is -2.60. The van der Waals surface area contributed by atoms with E-state index in [0.29, 0.717) is 24.5 Å². The van der Waals surface area contributed by atoms with Gasteiger partial charge < -0.3 is 5.32 Å². The topological polar surface area (TPSA) is 64.7 Å². The summed E-state index contributed by atoms with van der Waals surface area (Å²) in [6, 6.07) is 10.1. The van der Waals surface area contributed by atoms with Gasteiger partial charge in [-0.2, -0.15) is 10.2 Å². The second kappa shape index (κ2) is 7.96. The number of aromatic nitrogens is 4. The molecule has 3 aromatic rings. The van der Waals surface area contributed by atoms with E-state index in [1.165, 1.54) is 5.56 Å². The molecular weight excluding hydrogens is 362 g/mol. The van der Waals surface area contributed by atoms with Crippen molar-refractivity contribution in [2.45, 2.75) is 47.2 Å². The Morgan fingerprint density at radius 3 is 2.30 bits per heavy atom. The summed E-state index contributed by atoms with van der Waals surface area (Å²) >= 11 is 6.16. The third-order valence-electron chi connectivity index (χ3n) is 4.66. The molecule has 2 aromatic heterocycles. The molecule has 0 radical (unpaired) electrons. The summed E-state index contributed by atoms with van der Waals surface area (Å²) in [5.41, 5.74) is 5.36. The van der Waals surface area contributed by atoms with Crippen LogP contribution in [0.5, 0.6) is 0 Å². The minimum absolute atomic E-state index is 0.0656. The molecule has 0 fully saturated rings. The molecule has 3 rings (SSSR count). The largest absolute Gasteiger partial charge is 0.323 e. The monoisotopic (exact) mass is 385 g/mol. The van der Waals surface area contributed by atoms with Crippen LogP contribution < -0.4 is 5.32 Å². The Balaban J connectivity index is 1.66. The zero-order valence-electron chi connectivity index (χ0n) is 16.1. The number of rotatable bonds is 6. The lowest BCUT2D eigenvalue weighted by Crippen LogP contribution is -2.16. The lowest BCUT2D eigenvalue weighted by molar-refractivity contribution is -0.116. The van der Waals surface area contributed by atoms with E-state index in [1.54, 1.807) is 4.68 Å². The number of carbonyl (C=O) groups is 1. The molecule has 0 aliphatic rings. The van der Waals surface area contributed by atoms with Gasteiger partial charge in [0.1, 0.15) is 0 Å². The number of halogens is 1. The first kappa shape index (κ1) is 19.2. The third-order valence-corrected chi connectivity index (χ3v) is 5.21. The summed E-state index contributed by atoms with van der Waals surface area (Å²) in [6.45, 7) is 8.81. The summed E-state index contributed by atoms with van der Waals surface area (Å²) in [4.78, 5) is 12.4. The maximum absolute atomic E-state index is 12.4. The highest BCUT2D eigenvalue weighted by molar-refractivity contribution is 6.31. The van der Waals surface area contributed by atoms with Gasteiger partial charge in [-0.25, -0.2) is 0 Å². The zero-order chi connectivity index (χ0) is 19.6. The Morgan fingerprint density at radius 1 is 1.00 bits per heavy atom. The lowest BCUT2D eigenvalue weighted by Gasteiger charge is -2.08. The molecule has 27 heavy (non-hydrogen) atoms. The van der Waals surface area contributed by atoms with Gasteiger partial charge >= 0.3 is 0 Å². The molecule has 2 heterocycles. The van der Waals surface area contributed by atoms with Crippen molar-refractivity contribution in [3.05, 3.63) is 63.7 Å². The van der Waals surface area contributed by atoms with Crippen LogP contribution in [-0.2, 0) is 17.9 Å². The lowest BCUT2D eigenvalue weighted by atomic mass is 10.2. The molecule has 0 spiro atoms. The molecule has 1 N–H and O–H groups in total. The summed E-state index contributed by atoms with van der Waals surface area (Å²) in [6.07, 6.45) is 0.320. The van der Waals surface area contributed by atoms with Crippen molar-refractivity contribution in [3.63, 3.8) is 0 Å². The van der Waals surface area contributed by atoms with Gasteiger partial charge in [-0.05, 0) is 33.3 Å². The van der Waals surface area contributed by atoms with Crippen LogP contribution in [0.25, 0.3) is 0 Å². The number of amides is 1. The van der Waals surface area contributed by atoms with Gasteiger partial charge in [0, 0.05) is 6.42 Å². The molecule has 0 aliphatic heterocycles.